The van der Waals surface area contributed by atoms with Gasteiger partial charge in [-0.05, 0) is 61.1 Å². The number of rotatable bonds is 6. The third-order valence-electron chi connectivity index (χ3n) is 3.97. The molecule has 18 heavy (non-hydrogen) atoms. The quantitative estimate of drug-likeness (QED) is 0.598. The number of aryl methyl sites for hydroxylation is 2. The highest BCUT2D eigenvalue weighted by molar-refractivity contribution is 5.35. The van der Waals surface area contributed by atoms with Gasteiger partial charge in [-0.2, -0.15) is 0 Å². The average molecular weight is 246 g/mol. The Balaban J connectivity index is 1.94. The van der Waals surface area contributed by atoms with Gasteiger partial charge in [-0.25, -0.2) is 0 Å². The van der Waals surface area contributed by atoms with E-state index in [4.69, 9.17) is 5.84 Å². The van der Waals surface area contributed by atoms with Gasteiger partial charge in [0.05, 0.1) is 0 Å². The van der Waals surface area contributed by atoms with Crippen LogP contribution in [0, 0.1) is 5.92 Å². The van der Waals surface area contributed by atoms with Gasteiger partial charge in [-0.3, -0.25) is 11.3 Å². The second kappa shape index (κ2) is 6.35. The van der Waals surface area contributed by atoms with Gasteiger partial charge in [0.1, 0.15) is 0 Å². The van der Waals surface area contributed by atoms with Crippen LogP contribution in [-0.4, -0.2) is 6.04 Å². The maximum absolute atomic E-state index is 5.67. The summed E-state index contributed by atoms with van der Waals surface area (Å²) in [7, 11) is 0. The van der Waals surface area contributed by atoms with Gasteiger partial charge in [0.15, 0.2) is 0 Å². The van der Waals surface area contributed by atoms with E-state index >= 15 is 0 Å². The minimum atomic E-state index is 0.409. The minimum Gasteiger partial charge on any atom is -0.271 e. The molecule has 0 saturated carbocycles. The molecule has 1 unspecified atom stereocenters. The summed E-state index contributed by atoms with van der Waals surface area (Å²) in [5.74, 6) is 6.42. The van der Waals surface area contributed by atoms with Gasteiger partial charge in [-0.15, -0.1) is 0 Å². The standard InChI is InChI=1S/C16H26N2/c1-12(2)6-9-16(18-17)11-13-7-8-14-4-3-5-15(14)10-13/h7-8,10,12,16,18H,3-6,9,11,17H2,1-2H3. The van der Waals surface area contributed by atoms with Gasteiger partial charge >= 0.3 is 0 Å². The van der Waals surface area contributed by atoms with E-state index in [1.165, 1.54) is 31.2 Å². The van der Waals surface area contributed by atoms with Gasteiger partial charge in [-0.1, -0.05) is 32.0 Å². The molecule has 3 N–H and O–H groups in total. The van der Waals surface area contributed by atoms with Crippen molar-refractivity contribution in [1.82, 2.24) is 5.43 Å². The van der Waals surface area contributed by atoms with Crippen molar-refractivity contribution >= 4 is 0 Å². The lowest BCUT2D eigenvalue weighted by molar-refractivity contribution is 0.434. The molecule has 0 radical (unpaired) electrons. The maximum atomic E-state index is 5.67. The Labute approximate surface area is 111 Å². The van der Waals surface area contributed by atoms with Crippen molar-refractivity contribution in [1.29, 1.82) is 0 Å². The van der Waals surface area contributed by atoms with E-state index in [9.17, 15) is 0 Å². The Morgan fingerprint density at radius 1 is 1.17 bits per heavy atom. The molecule has 2 nitrogen and oxygen atoms in total. The zero-order valence-electron chi connectivity index (χ0n) is 11.7. The van der Waals surface area contributed by atoms with Crippen molar-refractivity contribution < 1.29 is 0 Å². The largest absolute Gasteiger partial charge is 0.271 e. The van der Waals surface area contributed by atoms with Crippen LogP contribution in [0.2, 0.25) is 0 Å². The predicted molar refractivity (Wildman–Crippen MR) is 77.4 cm³/mol. The molecule has 0 saturated heterocycles. The number of nitrogens with one attached hydrogen (secondary N) is 1. The topological polar surface area (TPSA) is 38.0 Å². The van der Waals surface area contributed by atoms with Crippen LogP contribution in [0.15, 0.2) is 18.2 Å². The van der Waals surface area contributed by atoms with Crippen molar-refractivity contribution in [2.24, 2.45) is 11.8 Å². The highest BCUT2D eigenvalue weighted by Gasteiger charge is 2.13. The lowest BCUT2D eigenvalue weighted by Crippen LogP contribution is -2.37. The second-order valence-electron chi connectivity index (χ2n) is 6.00. The molecule has 0 aromatic heterocycles. The van der Waals surface area contributed by atoms with E-state index in [1.807, 2.05) is 0 Å². The third-order valence-corrected chi connectivity index (χ3v) is 3.97. The fourth-order valence-corrected chi connectivity index (χ4v) is 2.82. The Hall–Kier alpha value is -0.860. The monoisotopic (exact) mass is 246 g/mol. The molecule has 0 fully saturated rings. The molecule has 0 amide bonds. The summed E-state index contributed by atoms with van der Waals surface area (Å²) in [5.41, 5.74) is 7.52. The molecule has 2 rings (SSSR count). The Kier molecular flexibility index (Phi) is 4.79. The van der Waals surface area contributed by atoms with Crippen LogP contribution in [0.25, 0.3) is 0 Å². The Morgan fingerprint density at radius 2 is 1.94 bits per heavy atom. The molecule has 1 aliphatic carbocycles. The lowest BCUT2D eigenvalue weighted by Gasteiger charge is -2.17. The van der Waals surface area contributed by atoms with Crippen LogP contribution in [0.5, 0.6) is 0 Å². The summed E-state index contributed by atoms with van der Waals surface area (Å²) in [5, 5.41) is 0. The molecule has 0 spiro atoms. The normalized spacial score (nSPS) is 16.0. The summed E-state index contributed by atoms with van der Waals surface area (Å²) < 4.78 is 0. The molecule has 100 valence electrons. The zero-order valence-corrected chi connectivity index (χ0v) is 11.7. The van der Waals surface area contributed by atoms with Gasteiger partial charge in [0, 0.05) is 6.04 Å². The molecule has 2 heteroatoms. The number of hydrogen-bond donors (Lipinski definition) is 2. The van der Waals surface area contributed by atoms with Crippen LogP contribution in [0.3, 0.4) is 0 Å². The highest BCUT2D eigenvalue weighted by atomic mass is 15.2. The van der Waals surface area contributed by atoms with E-state index in [0.717, 1.165) is 18.8 Å². The fraction of sp³-hybridized carbons (Fsp3) is 0.625. The molecule has 0 heterocycles. The Bertz CT molecular complexity index is 385. The second-order valence-corrected chi connectivity index (χ2v) is 6.00. The van der Waals surface area contributed by atoms with Gasteiger partial charge < -0.3 is 0 Å². The molecule has 1 aromatic rings. The SMILES string of the molecule is CC(C)CCC(Cc1ccc2c(c1)CCC2)NN. The van der Waals surface area contributed by atoms with Crippen molar-refractivity contribution in [2.45, 2.75) is 58.4 Å². The first-order valence-corrected chi connectivity index (χ1v) is 7.26. The molecule has 1 aliphatic rings. The fourth-order valence-electron chi connectivity index (χ4n) is 2.82. The van der Waals surface area contributed by atoms with Crippen LogP contribution < -0.4 is 11.3 Å². The van der Waals surface area contributed by atoms with Crippen molar-refractivity contribution in [3.05, 3.63) is 34.9 Å². The molecule has 0 bridgehead atoms. The first kappa shape index (κ1) is 13.6. The van der Waals surface area contributed by atoms with Crippen LogP contribution in [-0.2, 0) is 19.3 Å². The zero-order chi connectivity index (χ0) is 13.0. The molecule has 0 aliphatic heterocycles. The van der Waals surface area contributed by atoms with E-state index in [0.29, 0.717) is 6.04 Å². The first-order valence-electron chi connectivity index (χ1n) is 7.26. The van der Waals surface area contributed by atoms with Crippen molar-refractivity contribution in [3.8, 4) is 0 Å². The number of benzene rings is 1. The average Bonchev–Trinajstić information content (AvgIpc) is 2.81. The van der Waals surface area contributed by atoms with E-state index < -0.39 is 0 Å². The van der Waals surface area contributed by atoms with Crippen molar-refractivity contribution in [3.63, 3.8) is 0 Å². The summed E-state index contributed by atoms with van der Waals surface area (Å²) in [6.45, 7) is 4.53. The summed E-state index contributed by atoms with van der Waals surface area (Å²) >= 11 is 0. The summed E-state index contributed by atoms with van der Waals surface area (Å²) in [6.07, 6.45) is 7.30. The minimum absolute atomic E-state index is 0.409. The molecular weight excluding hydrogens is 220 g/mol. The molecular formula is C16H26N2. The maximum Gasteiger partial charge on any atom is 0.0251 e. The van der Waals surface area contributed by atoms with Crippen LogP contribution in [0.1, 0.15) is 49.8 Å². The first-order chi connectivity index (χ1) is 8.69. The highest BCUT2D eigenvalue weighted by Crippen LogP contribution is 2.23. The smallest absolute Gasteiger partial charge is 0.0251 e. The predicted octanol–water partition coefficient (Wildman–Crippen LogP) is 2.99. The molecule has 1 atom stereocenters. The number of hydrogen-bond acceptors (Lipinski definition) is 2. The number of hydrazine groups is 1. The number of fused-ring (bicyclic) bond motifs is 1. The lowest BCUT2D eigenvalue weighted by atomic mass is 9.96. The van der Waals surface area contributed by atoms with E-state index in [2.05, 4.69) is 37.5 Å². The van der Waals surface area contributed by atoms with Crippen LogP contribution >= 0.6 is 0 Å². The van der Waals surface area contributed by atoms with E-state index in [-0.39, 0.29) is 0 Å². The van der Waals surface area contributed by atoms with Gasteiger partial charge in [0.25, 0.3) is 0 Å². The third kappa shape index (κ3) is 3.56. The van der Waals surface area contributed by atoms with Gasteiger partial charge in [0.2, 0.25) is 0 Å². The van der Waals surface area contributed by atoms with E-state index in [1.54, 1.807) is 11.1 Å². The van der Waals surface area contributed by atoms with Crippen molar-refractivity contribution in [2.75, 3.05) is 0 Å². The summed E-state index contributed by atoms with van der Waals surface area (Å²) in [6, 6.07) is 7.39. The molecule has 1 aromatic carbocycles. The Morgan fingerprint density at radius 3 is 2.67 bits per heavy atom. The summed E-state index contributed by atoms with van der Waals surface area (Å²) in [4.78, 5) is 0. The number of nitrogens with two attached hydrogens (primary N) is 1. The van der Waals surface area contributed by atoms with Crippen LogP contribution in [0.4, 0.5) is 0 Å².